The van der Waals surface area contributed by atoms with Crippen molar-refractivity contribution in [2.75, 3.05) is 10.6 Å². The summed E-state index contributed by atoms with van der Waals surface area (Å²) >= 11 is 1.43. The topological polar surface area (TPSA) is 88.9 Å². The maximum atomic E-state index is 14.0. The van der Waals surface area contributed by atoms with Crippen LogP contribution in [-0.4, -0.2) is 26.6 Å². The molecule has 29 heavy (non-hydrogen) atoms. The average Bonchev–Trinajstić information content (AvgIpc) is 3.37. The summed E-state index contributed by atoms with van der Waals surface area (Å²) in [4.78, 5) is 30.3. The van der Waals surface area contributed by atoms with Crippen molar-refractivity contribution in [3.05, 3.63) is 65.6 Å². The quantitative estimate of drug-likeness (QED) is 0.509. The van der Waals surface area contributed by atoms with Crippen molar-refractivity contribution < 1.29 is 14.0 Å². The van der Waals surface area contributed by atoms with Crippen molar-refractivity contribution >= 4 is 44.9 Å². The van der Waals surface area contributed by atoms with E-state index in [0.29, 0.717) is 27.8 Å². The lowest BCUT2D eigenvalue weighted by atomic mass is 9.72. The molecule has 0 radical (unpaired) electrons. The van der Waals surface area contributed by atoms with Crippen LogP contribution in [0.4, 0.5) is 15.9 Å². The minimum absolute atomic E-state index is 0.117. The maximum Gasteiger partial charge on any atom is 0.240 e. The van der Waals surface area contributed by atoms with Crippen LogP contribution in [0.2, 0.25) is 0 Å². The van der Waals surface area contributed by atoms with Crippen LogP contribution in [0.3, 0.4) is 0 Å². The van der Waals surface area contributed by atoms with Crippen molar-refractivity contribution in [3.8, 4) is 5.13 Å². The van der Waals surface area contributed by atoms with Gasteiger partial charge in [-0.1, -0.05) is 23.5 Å². The Bertz CT molecular complexity index is 1330. The molecule has 6 rings (SSSR count). The van der Waals surface area contributed by atoms with Gasteiger partial charge in [-0.25, -0.2) is 9.37 Å². The Morgan fingerprint density at radius 2 is 1.97 bits per heavy atom. The zero-order valence-corrected chi connectivity index (χ0v) is 15.6. The number of hydrogen-bond acceptors (Lipinski definition) is 5. The Labute approximate surface area is 167 Å². The molecule has 0 fully saturated rings. The summed E-state index contributed by atoms with van der Waals surface area (Å²) < 4.78 is 16.5. The number of carbonyl (C=O) groups is 2. The Morgan fingerprint density at radius 3 is 2.83 bits per heavy atom. The summed E-state index contributed by atoms with van der Waals surface area (Å²) in [6, 6.07) is 11.8. The van der Waals surface area contributed by atoms with Gasteiger partial charge >= 0.3 is 0 Å². The number of halogens is 1. The molecule has 0 unspecified atom stereocenters. The number of nitrogens with one attached hydrogen (secondary N) is 2. The first-order valence-corrected chi connectivity index (χ1v) is 9.74. The van der Waals surface area contributed by atoms with Gasteiger partial charge in [0.15, 0.2) is 0 Å². The van der Waals surface area contributed by atoms with Gasteiger partial charge in [-0.2, -0.15) is 9.78 Å². The van der Waals surface area contributed by atoms with Crippen LogP contribution in [0.25, 0.3) is 15.3 Å². The summed E-state index contributed by atoms with van der Waals surface area (Å²) in [5.41, 5.74) is 0.981. The van der Waals surface area contributed by atoms with E-state index in [0.717, 1.165) is 10.2 Å². The lowest BCUT2D eigenvalue weighted by Gasteiger charge is -2.31. The van der Waals surface area contributed by atoms with E-state index in [2.05, 4.69) is 20.7 Å². The molecular formula is C20H12FN5O2S. The summed E-state index contributed by atoms with van der Waals surface area (Å²) in [6.45, 7) is 0. The van der Waals surface area contributed by atoms with Gasteiger partial charge in [0.25, 0.3) is 0 Å². The highest BCUT2D eigenvalue weighted by Crippen LogP contribution is 2.50. The predicted molar refractivity (Wildman–Crippen MR) is 106 cm³/mol. The monoisotopic (exact) mass is 405 g/mol. The first-order chi connectivity index (χ1) is 14.1. The van der Waals surface area contributed by atoms with Gasteiger partial charge in [0.1, 0.15) is 17.1 Å². The number of hydrogen-bond donors (Lipinski definition) is 2. The lowest BCUT2D eigenvalue weighted by molar-refractivity contribution is -0.125. The van der Waals surface area contributed by atoms with Crippen LogP contribution in [0, 0.1) is 5.82 Å². The number of rotatable bonds is 1. The molecule has 1 spiro atoms. The fraction of sp³-hybridized carbons (Fsp3) is 0.100. The molecule has 4 aromatic rings. The summed E-state index contributed by atoms with van der Waals surface area (Å²) in [5.74, 6) is -0.788. The van der Waals surface area contributed by atoms with Crippen LogP contribution in [0.5, 0.6) is 0 Å². The number of nitrogens with zero attached hydrogens (tertiary/aromatic N) is 3. The van der Waals surface area contributed by atoms with Gasteiger partial charge in [0.05, 0.1) is 16.4 Å². The molecular weight excluding hydrogens is 393 g/mol. The summed E-state index contributed by atoms with van der Waals surface area (Å²) in [6.07, 6.45) is 1.44. The molecule has 2 aliphatic heterocycles. The van der Waals surface area contributed by atoms with E-state index in [-0.39, 0.29) is 18.2 Å². The Hall–Kier alpha value is -3.59. The van der Waals surface area contributed by atoms with Crippen molar-refractivity contribution in [2.45, 2.75) is 11.8 Å². The molecule has 9 heteroatoms. The van der Waals surface area contributed by atoms with Crippen LogP contribution < -0.4 is 10.6 Å². The fourth-order valence-corrected chi connectivity index (χ4v) is 5.09. The second-order valence-corrected chi connectivity index (χ2v) is 8.07. The molecule has 142 valence electrons. The molecule has 2 N–H and O–H groups in total. The van der Waals surface area contributed by atoms with Gasteiger partial charge in [0, 0.05) is 17.7 Å². The fourth-order valence-electron chi connectivity index (χ4n) is 4.16. The van der Waals surface area contributed by atoms with Crippen LogP contribution in [0.15, 0.2) is 48.7 Å². The zero-order chi connectivity index (χ0) is 19.8. The smallest absolute Gasteiger partial charge is 0.240 e. The van der Waals surface area contributed by atoms with Gasteiger partial charge in [-0.15, -0.1) is 0 Å². The van der Waals surface area contributed by atoms with E-state index >= 15 is 0 Å². The predicted octanol–water partition coefficient (Wildman–Crippen LogP) is 3.20. The van der Waals surface area contributed by atoms with Crippen LogP contribution in [0.1, 0.15) is 17.5 Å². The molecule has 7 nitrogen and oxygen atoms in total. The normalized spacial score (nSPS) is 19.9. The molecule has 4 heterocycles. The first-order valence-electron chi connectivity index (χ1n) is 8.92. The van der Waals surface area contributed by atoms with Gasteiger partial charge in [-0.05, 0) is 35.9 Å². The minimum atomic E-state index is -1.32. The molecule has 2 aromatic heterocycles. The Morgan fingerprint density at radius 1 is 1.10 bits per heavy atom. The highest BCUT2D eigenvalue weighted by atomic mass is 32.1. The standard InChI is InChI=1S/C20H12FN5O2S/c21-10-5-6-13-11(7-10)20(18(28)23-13)8-16(27)25-17-12(20)9-22-26(17)19-24-14-3-1-2-4-15(14)29-19/h1-7,9H,8H2,(H,23,28)(H,25,27)/t20-/m1/s1. The van der Waals surface area contributed by atoms with E-state index in [1.54, 1.807) is 6.20 Å². The largest absolute Gasteiger partial charge is 0.325 e. The summed E-state index contributed by atoms with van der Waals surface area (Å²) in [7, 11) is 0. The first kappa shape index (κ1) is 16.4. The lowest BCUT2D eigenvalue weighted by Crippen LogP contribution is -2.43. The van der Waals surface area contributed by atoms with Crippen molar-refractivity contribution in [1.29, 1.82) is 0 Å². The number of benzene rings is 2. The third-order valence-corrected chi connectivity index (χ3v) is 6.47. The number of amides is 2. The molecule has 2 aliphatic rings. The molecule has 0 bridgehead atoms. The third kappa shape index (κ3) is 2.10. The molecule has 0 saturated carbocycles. The molecule has 2 amide bonds. The molecule has 1 atom stereocenters. The number of anilines is 2. The van der Waals surface area contributed by atoms with E-state index in [9.17, 15) is 14.0 Å². The zero-order valence-electron chi connectivity index (χ0n) is 14.8. The molecule has 0 aliphatic carbocycles. The van der Waals surface area contributed by atoms with Crippen molar-refractivity contribution in [3.63, 3.8) is 0 Å². The van der Waals surface area contributed by atoms with Crippen LogP contribution in [-0.2, 0) is 15.0 Å². The minimum Gasteiger partial charge on any atom is -0.325 e. The molecule has 2 aromatic carbocycles. The van der Waals surface area contributed by atoms with E-state index in [1.165, 1.54) is 34.2 Å². The SMILES string of the molecule is O=C1C[C@]2(C(=O)Nc3ccc(F)cc32)c2cnn(-c3nc4ccccc4s3)c2N1. The van der Waals surface area contributed by atoms with Gasteiger partial charge in [-0.3, -0.25) is 9.59 Å². The second-order valence-electron chi connectivity index (χ2n) is 7.06. The second kappa shape index (κ2) is 5.48. The number of aromatic nitrogens is 3. The Balaban J connectivity index is 1.60. The number of fused-ring (bicyclic) bond motifs is 5. The third-order valence-electron chi connectivity index (χ3n) is 5.45. The van der Waals surface area contributed by atoms with Gasteiger partial charge < -0.3 is 10.6 Å². The summed E-state index contributed by atoms with van der Waals surface area (Å²) in [5, 5.41) is 10.6. The molecule has 0 saturated heterocycles. The maximum absolute atomic E-state index is 14.0. The van der Waals surface area contributed by atoms with Crippen LogP contribution >= 0.6 is 11.3 Å². The highest BCUT2D eigenvalue weighted by molar-refractivity contribution is 7.20. The number of thiazole rings is 1. The highest BCUT2D eigenvalue weighted by Gasteiger charge is 2.54. The van der Waals surface area contributed by atoms with E-state index in [1.807, 2.05) is 24.3 Å². The average molecular weight is 405 g/mol. The van der Waals surface area contributed by atoms with Crippen molar-refractivity contribution in [2.24, 2.45) is 0 Å². The van der Waals surface area contributed by atoms with Gasteiger partial charge in [0.2, 0.25) is 16.9 Å². The number of carbonyl (C=O) groups excluding carboxylic acids is 2. The van der Waals surface area contributed by atoms with E-state index < -0.39 is 11.2 Å². The van der Waals surface area contributed by atoms with E-state index in [4.69, 9.17) is 0 Å². The number of para-hydroxylation sites is 1. The Kier molecular flexibility index (Phi) is 3.09. The van der Waals surface area contributed by atoms with Crippen molar-refractivity contribution in [1.82, 2.24) is 14.8 Å².